The molecule has 152 valence electrons. The summed E-state index contributed by atoms with van der Waals surface area (Å²) in [5.41, 5.74) is 0.421. The zero-order valence-electron chi connectivity index (χ0n) is 15.2. The summed E-state index contributed by atoms with van der Waals surface area (Å²) in [4.78, 5) is 27.3. The number of thioether (sulfide) groups is 1. The standard InChI is InChI=1S/C19H18FN3O4S2/c20-12-4-3-5-13(10-12)22-29(26,27)14-6-7-16-15(11-14)21-18(24)17(28-16)19(25)23-8-1-2-9-23/h3-7,10-11,17,22H,1-2,8-9H2,(H,21,24)/t17-/m1/s1. The van der Waals surface area contributed by atoms with Crippen LogP contribution >= 0.6 is 11.8 Å². The van der Waals surface area contributed by atoms with Crippen LogP contribution in [0.4, 0.5) is 15.8 Å². The maximum absolute atomic E-state index is 13.3. The van der Waals surface area contributed by atoms with Crippen molar-refractivity contribution in [2.75, 3.05) is 23.1 Å². The number of hydrogen-bond acceptors (Lipinski definition) is 5. The molecule has 0 aliphatic carbocycles. The first-order valence-corrected chi connectivity index (χ1v) is 11.4. The van der Waals surface area contributed by atoms with E-state index in [4.69, 9.17) is 0 Å². The molecule has 0 radical (unpaired) electrons. The van der Waals surface area contributed by atoms with E-state index in [1.807, 2.05) is 0 Å². The molecular weight excluding hydrogens is 417 g/mol. The van der Waals surface area contributed by atoms with Gasteiger partial charge in [-0.1, -0.05) is 6.07 Å². The van der Waals surface area contributed by atoms with Crippen molar-refractivity contribution in [3.05, 3.63) is 48.3 Å². The maximum Gasteiger partial charge on any atom is 0.261 e. The first kappa shape index (κ1) is 19.7. The maximum atomic E-state index is 13.3. The van der Waals surface area contributed by atoms with Crippen molar-refractivity contribution < 1.29 is 22.4 Å². The van der Waals surface area contributed by atoms with Crippen molar-refractivity contribution in [3.8, 4) is 0 Å². The molecule has 4 rings (SSSR count). The molecule has 1 fully saturated rings. The highest BCUT2D eigenvalue weighted by molar-refractivity contribution is 8.01. The molecule has 0 spiro atoms. The Morgan fingerprint density at radius 1 is 1.17 bits per heavy atom. The summed E-state index contributed by atoms with van der Waals surface area (Å²) in [6.45, 7) is 1.30. The average Bonchev–Trinajstić information content (AvgIpc) is 3.21. The molecule has 10 heteroatoms. The number of nitrogens with zero attached hydrogens (tertiary/aromatic N) is 1. The van der Waals surface area contributed by atoms with Crippen LogP contribution in [0.3, 0.4) is 0 Å². The summed E-state index contributed by atoms with van der Waals surface area (Å²) in [5.74, 6) is -1.25. The predicted octanol–water partition coefficient (Wildman–Crippen LogP) is 2.66. The van der Waals surface area contributed by atoms with Crippen LogP contribution in [0.2, 0.25) is 0 Å². The van der Waals surface area contributed by atoms with Gasteiger partial charge in [-0.25, -0.2) is 12.8 Å². The fourth-order valence-corrected chi connectivity index (χ4v) is 5.42. The zero-order valence-corrected chi connectivity index (χ0v) is 16.9. The molecule has 29 heavy (non-hydrogen) atoms. The fourth-order valence-electron chi connectivity index (χ4n) is 3.29. The number of benzene rings is 2. The molecule has 2 amide bonds. The van der Waals surface area contributed by atoms with Gasteiger partial charge in [-0.3, -0.25) is 14.3 Å². The Morgan fingerprint density at radius 3 is 2.66 bits per heavy atom. The van der Waals surface area contributed by atoms with E-state index in [1.54, 1.807) is 11.0 Å². The molecule has 0 aromatic heterocycles. The molecular formula is C19H18FN3O4S2. The molecule has 0 saturated carbocycles. The number of fused-ring (bicyclic) bond motifs is 1. The lowest BCUT2D eigenvalue weighted by molar-refractivity contribution is -0.133. The third-order valence-electron chi connectivity index (χ3n) is 4.72. The normalized spacial score (nSPS) is 18.9. The van der Waals surface area contributed by atoms with Crippen LogP contribution in [0.25, 0.3) is 0 Å². The molecule has 2 heterocycles. The molecule has 0 bridgehead atoms. The average molecular weight is 436 g/mol. The van der Waals surface area contributed by atoms with Gasteiger partial charge in [-0.2, -0.15) is 0 Å². The topological polar surface area (TPSA) is 95.6 Å². The number of anilines is 2. The Bertz CT molecular complexity index is 1080. The van der Waals surface area contributed by atoms with E-state index in [2.05, 4.69) is 10.0 Å². The molecule has 1 atom stereocenters. The van der Waals surface area contributed by atoms with Gasteiger partial charge in [-0.05, 0) is 49.2 Å². The van der Waals surface area contributed by atoms with Crippen LogP contribution in [0.5, 0.6) is 0 Å². The van der Waals surface area contributed by atoms with Gasteiger partial charge in [0.25, 0.3) is 10.0 Å². The van der Waals surface area contributed by atoms with Crippen molar-refractivity contribution in [3.63, 3.8) is 0 Å². The van der Waals surface area contributed by atoms with Crippen LogP contribution in [0.15, 0.2) is 52.3 Å². The highest BCUT2D eigenvalue weighted by atomic mass is 32.2. The summed E-state index contributed by atoms with van der Waals surface area (Å²) in [6, 6.07) is 9.40. The second-order valence-corrected chi connectivity index (χ2v) is 9.62. The van der Waals surface area contributed by atoms with Crippen molar-refractivity contribution in [1.82, 2.24) is 4.90 Å². The smallest absolute Gasteiger partial charge is 0.261 e. The van der Waals surface area contributed by atoms with Gasteiger partial charge >= 0.3 is 0 Å². The molecule has 2 N–H and O–H groups in total. The first-order valence-electron chi connectivity index (χ1n) is 9.02. The number of rotatable bonds is 4. The molecule has 2 aliphatic heterocycles. The highest BCUT2D eigenvalue weighted by Crippen LogP contribution is 2.38. The number of amides is 2. The lowest BCUT2D eigenvalue weighted by Crippen LogP contribution is -2.43. The number of hydrogen-bond donors (Lipinski definition) is 2. The van der Waals surface area contributed by atoms with Crippen LogP contribution in [-0.2, 0) is 19.6 Å². The third kappa shape index (κ3) is 4.08. The highest BCUT2D eigenvalue weighted by Gasteiger charge is 2.37. The summed E-state index contributed by atoms with van der Waals surface area (Å²) < 4.78 is 40.8. The van der Waals surface area contributed by atoms with Gasteiger partial charge < -0.3 is 10.2 Å². The number of carbonyl (C=O) groups is 2. The van der Waals surface area contributed by atoms with E-state index >= 15 is 0 Å². The number of halogens is 1. The zero-order chi connectivity index (χ0) is 20.6. The SMILES string of the molecule is O=C1Nc2cc(S(=O)(=O)Nc3cccc(F)c3)ccc2S[C@H]1C(=O)N1CCCC1. The summed E-state index contributed by atoms with van der Waals surface area (Å²) in [5, 5.41) is 1.76. The summed E-state index contributed by atoms with van der Waals surface area (Å²) >= 11 is 1.12. The van der Waals surface area contributed by atoms with Gasteiger partial charge in [0, 0.05) is 18.0 Å². The Hall–Kier alpha value is -2.59. The van der Waals surface area contributed by atoms with Crippen molar-refractivity contribution in [1.29, 1.82) is 0 Å². The molecule has 7 nitrogen and oxygen atoms in total. The fraction of sp³-hybridized carbons (Fsp3) is 0.263. The van der Waals surface area contributed by atoms with E-state index in [0.717, 1.165) is 30.7 Å². The third-order valence-corrected chi connectivity index (χ3v) is 7.36. The number of sulfonamides is 1. The number of likely N-dealkylation sites (tertiary alicyclic amines) is 1. The minimum Gasteiger partial charge on any atom is -0.341 e. The van der Waals surface area contributed by atoms with Crippen LogP contribution in [0.1, 0.15) is 12.8 Å². The van der Waals surface area contributed by atoms with E-state index in [0.29, 0.717) is 23.7 Å². The van der Waals surface area contributed by atoms with E-state index in [-0.39, 0.29) is 16.5 Å². The quantitative estimate of drug-likeness (QED) is 0.720. The predicted molar refractivity (Wildman–Crippen MR) is 108 cm³/mol. The lowest BCUT2D eigenvalue weighted by atomic mass is 10.2. The van der Waals surface area contributed by atoms with Gasteiger partial charge in [0.05, 0.1) is 16.3 Å². The number of nitrogens with one attached hydrogen (secondary N) is 2. The van der Waals surface area contributed by atoms with Crippen molar-refractivity contribution in [2.45, 2.75) is 27.9 Å². The monoisotopic (exact) mass is 435 g/mol. The Kier molecular flexibility index (Phi) is 5.22. The van der Waals surface area contributed by atoms with E-state index in [1.165, 1.54) is 30.3 Å². The second-order valence-electron chi connectivity index (χ2n) is 6.79. The first-order chi connectivity index (χ1) is 13.8. The Labute approximate surface area is 171 Å². The molecule has 2 aromatic rings. The Morgan fingerprint density at radius 2 is 1.93 bits per heavy atom. The van der Waals surface area contributed by atoms with Crippen LogP contribution in [0, 0.1) is 5.82 Å². The number of carbonyl (C=O) groups excluding carboxylic acids is 2. The molecule has 1 saturated heterocycles. The Balaban J connectivity index is 1.56. The minimum absolute atomic E-state index is 0.0780. The van der Waals surface area contributed by atoms with E-state index < -0.39 is 27.0 Å². The van der Waals surface area contributed by atoms with Gasteiger partial charge in [0.15, 0.2) is 5.25 Å². The van der Waals surface area contributed by atoms with Crippen LogP contribution < -0.4 is 10.0 Å². The molecule has 0 unspecified atom stereocenters. The van der Waals surface area contributed by atoms with E-state index in [9.17, 15) is 22.4 Å². The minimum atomic E-state index is -3.98. The summed E-state index contributed by atoms with van der Waals surface area (Å²) in [7, 11) is -3.98. The van der Waals surface area contributed by atoms with Gasteiger partial charge in [0.2, 0.25) is 11.8 Å². The van der Waals surface area contributed by atoms with Crippen molar-refractivity contribution in [2.24, 2.45) is 0 Å². The molecule has 2 aliphatic rings. The lowest BCUT2D eigenvalue weighted by Gasteiger charge is -2.27. The second kappa shape index (κ2) is 7.68. The van der Waals surface area contributed by atoms with Crippen LogP contribution in [-0.4, -0.2) is 43.5 Å². The van der Waals surface area contributed by atoms with Gasteiger partial charge in [-0.15, -0.1) is 11.8 Å². The molecule has 2 aromatic carbocycles. The van der Waals surface area contributed by atoms with Crippen molar-refractivity contribution >= 4 is 45.0 Å². The largest absolute Gasteiger partial charge is 0.341 e. The van der Waals surface area contributed by atoms with Gasteiger partial charge in [0.1, 0.15) is 5.82 Å². The summed E-state index contributed by atoms with van der Waals surface area (Å²) in [6.07, 6.45) is 1.86.